The van der Waals surface area contributed by atoms with E-state index in [1.54, 1.807) is 16.6 Å². The lowest BCUT2D eigenvalue weighted by Crippen LogP contribution is -2.14. The largest absolute Gasteiger partial charge is 0.325 e. The summed E-state index contributed by atoms with van der Waals surface area (Å²) in [6, 6.07) is 18.9. The van der Waals surface area contributed by atoms with Crippen LogP contribution in [0.2, 0.25) is 5.02 Å². The monoisotopic (exact) mass is 423 g/mol. The summed E-state index contributed by atoms with van der Waals surface area (Å²) in [6.07, 6.45) is 0.972. The van der Waals surface area contributed by atoms with E-state index in [-0.39, 0.29) is 11.7 Å². The second-order valence-electron chi connectivity index (χ2n) is 6.36. The molecule has 2 heterocycles. The van der Waals surface area contributed by atoms with E-state index >= 15 is 0 Å². The zero-order chi connectivity index (χ0) is 20.2. The SMILES string of the molecule is CCc1ccc(NC(=O)CSc2ccc3nnc(-c4ccc(Cl)cc4)n3n2)cc1. The fourth-order valence-electron chi connectivity index (χ4n) is 2.79. The molecule has 146 valence electrons. The summed E-state index contributed by atoms with van der Waals surface area (Å²) in [5.41, 5.74) is 3.53. The number of nitrogens with zero attached hydrogens (tertiary/aromatic N) is 4. The summed E-state index contributed by atoms with van der Waals surface area (Å²) in [4.78, 5) is 12.3. The van der Waals surface area contributed by atoms with Crippen molar-refractivity contribution in [1.82, 2.24) is 19.8 Å². The van der Waals surface area contributed by atoms with Crippen LogP contribution < -0.4 is 5.32 Å². The van der Waals surface area contributed by atoms with Gasteiger partial charge in [0.15, 0.2) is 11.5 Å². The predicted octanol–water partition coefficient (Wildman–Crippen LogP) is 4.74. The van der Waals surface area contributed by atoms with Crippen molar-refractivity contribution in [2.45, 2.75) is 18.4 Å². The lowest BCUT2D eigenvalue weighted by atomic mass is 10.1. The molecule has 0 saturated carbocycles. The highest BCUT2D eigenvalue weighted by molar-refractivity contribution is 7.99. The van der Waals surface area contributed by atoms with Gasteiger partial charge in [-0.05, 0) is 60.5 Å². The Bertz CT molecular complexity index is 1140. The number of amides is 1. The number of aromatic nitrogens is 4. The number of carbonyl (C=O) groups is 1. The molecule has 0 spiro atoms. The Labute approximate surface area is 177 Å². The maximum Gasteiger partial charge on any atom is 0.234 e. The van der Waals surface area contributed by atoms with E-state index in [9.17, 15) is 4.79 Å². The quantitative estimate of drug-likeness (QED) is 0.453. The first kappa shape index (κ1) is 19.4. The van der Waals surface area contributed by atoms with Crippen molar-refractivity contribution in [2.75, 3.05) is 11.1 Å². The zero-order valence-electron chi connectivity index (χ0n) is 15.7. The van der Waals surface area contributed by atoms with Gasteiger partial charge in [0.1, 0.15) is 5.03 Å². The third kappa shape index (κ3) is 4.58. The summed E-state index contributed by atoms with van der Waals surface area (Å²) in [5, 5.41) is 17.2. The Kier molecular flexibility index (Phi) is 5.78. The minimum absolute atomic E-state index is 0.0807. The molecule has 0 aliphatic heterocycles. The average molecular weight is 424 g/mol. The fourth-order valence-corrected chi connectivity index (χ4v) is 3.57. The number of benzene rings is 2. The number of nitrogens with one attached hydrogen (secondary N) is 1. The van der Waals surface area contributed by atoms with Crippen LogP contribution in [0.15, 0.2) is 65.7 Å². The van der Waals surface area contributed by atoms with E-state index in [0.717, 1.165) is 17.7 Å². The van der Waals surface area contributed by atoms with Crippen molar-refractivity contribution < 1.29 is 4.79 Å². The molecule has 0 aliphatic carbocycles. The molecular weight excluding hydrogens is 406 g/mol. The minimum Gasteiger partial charge on any atom is -0.325 e. The van der Waals surface area contributed by atoms with Crippen LogP contribution >= 0.6 is 23.4 Å². The Morgan fingerprint density at radius 2 is 1.79 bits per heavy atom. The number of carbonyl (C=O) groups excluding carboxylic acids is 1. The highest BCUT2D eigenvalue weighted by Crippen LogP contribution is 2.22. The Morgan fingerprint density at radius 1 is 1.03 bits per heavy atom. The highest BCUT2D eigenvalue weighted by Gasteiger charge is 2.11. The number of hydrogen-bond acceptors (Lipinski definition) is 5. The first-order chi connectivity index (χ1) is 14.1. The topological polar surface area (TPSA) is 72.2 Å². The standard InChI is InChI=1S/C21H18ClN5OS/c1-2-14-3-9-17(10-4-14)23-19(28)13-29-20-12-11-18-24-25-21(27(18)26-20)15-5-7-16(22)8-6-15/h3-12H,2,13H2,1H3,(H,23,28). The second kappa shape index (κ2) is 8.63. The molecule has 0 atom stereocenters. The Morgan fingerprint density at radius 3 is 2.52 bits per heavy atom. The van der Waals surface area contributed by atoms with E-state index in [1.807, 2.05) is 48.5 Å². The average Bonchev–Trinajstić information content (AvgIpc) is 3.17. The van der Waals surface area contributed by atoms with Crippen LogP contribution in [0.4, 0.5) is 5.69 Å². The maximum absolute atomic E-state index is 12.3. The predicted molar refractivity (Wildman–Crippen MR) is 116 cm³/mol. The van der Waals surface area contributed by atoms with E-state index in [2.05, 4.69) is 27.5 Å². The Hall–Kier alpha value is -2.90. The van der Waals surface area contributed by atoms with Gasteiger partial charge in [-0.2, -0.15) is 9.61 Å². The van der Waals surface area contributed by atoms with E-state index in [1.165, 1.54) is 17.3 Å². The van der Waals surface area contributed by atoms with Crippen LogP contribution in [0.3, 0.4) is 0 Å². The smallest absolute Gasteiger partial charge is 0.234 e. The molecule has 1 N–H and O–H groups in total. The van der Waals surface area contributed by atoms with Crippen molar-refractivity contribution >= 4 is 40.6 Å². The number of hydrogen-bond donors (Lipinski definition) is 1. The molecule has 29 heavy (non-hydrogen) atoms. The van der Waals surface area contributed by atoms with E-state index in [0.29, 0.717) is 21.5 Å². The normalized spacial score (nSPS) is 11.0. The molecule has 2 aromatic carbocycles. The lowest BCUT2D eigenvalue weighted by molar-refractivity contribution is -0.113. The van der Waals surface area contributed by atoms with E-state index in [4.69, 9.17) is 11.6 Å². The van der Waals surface area contributed by atoms with Crippen LogP contribution in [0.1, 0.15) is 12.5 Å². The first-order valence-corrected chi connectivity index (χ1v) is 10.5. The summed E-state index contributed by atoms with van der Waals surface area (Å²) < 4.78 is 1.67. The first-order valence-electron chi connectivity index (χ1n) is 9.12. The molecule has 0 fully saturated rings. The summed E-state index contributed by atoms with van der Waals surface area (Å²) in [5.74, 6) is 0.800. The van der Waals surface area contributed by atoms with Gasteiger partial charge >= 0.3 is 0 Å². The van der Waals surface area contributed by atoms with Crippen molar-refractivity contribution in [3.63, 3.8) is 0 Å². The maximum atomic E-state index is 12.3. The van der Waals surface area contributed by atoms with Gasteiger partial charge in [-0.1, -0.05) is 42.4 Å². The summed E-state index contributed by atoms with van der Waals surface area (Å²) in [7, 11) is 0. The van der Waals surface area contributed by atoms with Gasteiger partial charge in [-0.3, -0.25) is 4.79 Å². The molecule has 2 aromatic heterocycles. The molecule has 8 heteroatoms. The molecule has 0 unspecified atom stereocenters. The van der Waals surface area contributed by atoms with E-state index < -0.39 is 0 Å². The number of halogens is 1. The molecule has 0 radical (unpaired) electrons. The molecular formula is C21H18ClN5OS. The van der Waals surface area contributed by atoms with Gasteiger partial charge in [0.2, 0.25) is 5.91 Å². The van der Waals surface area contributed by atoms with Crippen LogP contribution in [-0.2, 0) is 11.2 Å². The van der Waals surface area contributed by atoms with Crippen molar-refractivity contribution in [1.29, 1.82) is 0 Å². The van der Waals surface area contributed by atoms with Crippen LogP contribution in [0.5, 0.6) is 0 Å². The third-order valence-electron chi connectivity index (χ3n) is 4.34. The Balaban J connectivity index is 1.45. The number of aryl methyl sites for hydroxylation is 1. The zero-order valence-corrected chi connectivity index (χ0v) is 17.2. The number of thioether (sulfide) groups is 1. The van der Waals surface area contributed by atoms with Gasteiger partial charge < -0.3 is 5.32 Å². The molecule has 4 aromatic rings. The van der Waals surface area contributed by atoms with Gasteiger partial charge in [0.05, 0.1) is 5.75 Å². The van der Waals surface area contributed by atoms with Gasteiger partial charge in [0.25, 0.3) is 0 Å². The van der Waals surface area contributed by atoms with Crippen molar-refractivity contribution in [3.05, 3.63) is 71.2 Å². The van der Waals surface area contributed by atoms with Gasteiger partial charge in [-0.25, -0.2) is 0 Å². The highest BCUT2D eigenvalue weighted by atomic mass is 35.5. The lowest BCUT2D eigenvalue weighted by Gasteiger charge is -2.06. The molecule has 0 aliphatic rings. The number of anilines is 1. The third-order valence-corrected chi connectivity index (χ3v) is 5.51. The van der Waals surface area contributed by atoms with Gasteiger partial charge in [-0.15, -0.1) is 10.2 Å². The molecule has 4 rings (SSSR count). The minimum atomic E-state index is -0.0807. The van der Waals surface area contributed by atoms with Crippen molar-refractivity contribution in [2.24, 2.45) is 0 Å². The fraction of sp³-hybridized carbons (Fsp3) is 0.143. The molecule has 1 amide bonds. The summed E-state index contributed by atoms with van der Waals surface area (Å²) in [6.45, 7) is 2.10. The van der Waals surface area contributed by atoms with Crippen molar-refractivity contribution in [3.8, 4) is 11.4 Å². The molecule has 6 nitrogen and oxygen atoms in total. The molecule has 0 bridgehead atoms. The van der Waals surface area contributed by atoms with Crippen LogP contribution in [0.25, 0.3) is 17.0 Å². The number of rotatable bonds is 6. The second-order valence-corrected chi connectivity index (χ2v) is 7.79. The number of fused-ring (bicyclic) bond motifs is 1. The molecule has 0 saturated heterocycles. The summed E-state index contributed by atoms with van der Waals surface area (Å²) >= 11 is 7.32. The van der Waals surface area contributed by atoms with Crippen LogP contribution in [-0.4, -0.2) is 31.5 Å². The van der Waals surface area contributed by atoms with Gasteiger partial charge in [0, 0.05) is 16.3 Å². The van der Waals surface area contributed by atoms with Crippen LogP contribution in [0, 0.1) is 0 Å².